The van der Waals surface area contributed by atoms with Gasteiger partial charge in [-0.15, -0.1) is 0 Å². The van der Waals surface area contributed by atoms with Crippen LogP contribution in [0.4, 0.5) is 0 Å². The van der Waals surface area contributed by atoms with Crippen molar-refractivity contribution in [1.29, 1.82) is 0 Å². The first-order valence-corrected chi connectivity index (χ1v) is 7.28. The van der Waals surface area contributed by atoms with Crippen LogP contribution in [0.25, 0.3) is 0 Å². The molecule has 0 aliphatic carbocycles. The number of ether oxygens (including phenoxy) is 1. The van der Waals surface area contributed by atoms with Crippen LogP contribution in [0, 0.1) is 5.92 Å². The summed E-state index contributed by atoms with van der Waals surface area (Å²) in [4.78, 5) is 13.8. The minimum atomic E-state index is 0.161. The number of nitrogens with one attached hydrogen (secondary N) is 1. The van der Waals surface area contributed by atoms with E-state index in [2.05, 4.69) is 12.2 Å². The molecule has 0 aromatic heterocycles. The molecule has 0 aromatic carbocycles. The molecule has 1 rings (SSSR count). The van der Waals surface area contributed by atoms with Crippen molar-refractivity contribution in [3.05, 3.63) is 0 Å². The summed E-state index contributed by atoms with van der Waals surface area (Å²) in [5.41, 5.74) is 0. The summed E-state index contributed by atoms with van der Waals surface area (Å²) in [5, 5.41) is 3.21. The highest BCUT2D eigenvalue weighted by molar-refractivity contribution is 5.77. The van der Waals surface area contributed by atoms with Crippen molar-refractivity contribution < 1.29 is 9.53 Å². The highest BCUT2D eigenvalue weighted by atomic mass is 16.5. The lowest BCUT2D eigenvalue weighted by molar-refractivity contribution is -0.137. The van der Waals surface area contributed by atoms with E-state index >= 15 is 0 Å². The minimum Gasteiger partial charge on any atom is -0.372 e. The number of piperidine rings is 1. The largest absolute Gasteiger partial charge is 0.372 e. The van der Waals surface area contributed by atoms with Crippen LogP contribution in [0.3, 0.4) is 0 Å². The second-order valence-electron chi connectivity index (χ2n) is 5.14. The zero-order chi connectivity index (χ0) is 13.2. The molecule has 4 heteroatoms. The lowest BCUT2D eigenvalue weighted by Gasteiger charge is -2.31. The Kier molecular flexibility index (Phi) is 8.01. The second kappa shape index (κ2) is 9.34. The van der Waals surface area contributed by atoms with Gasteiger partial charge in [0.05, 0.1) is 0 Å². The number of hydrogen-bond acceptors (Lipinski definition) is 3. The van der Waals surface area contributed by atoms with Crippen LogP contribution in [0.2, 0.25) is 0 Å². The van der Waals surface area contributed by atoms with E-state index < -0.39 is 0 Å². The molecule has 106 valence electrons. The molecule has 18 heavy (non-hydrogen) atoms. The lowest BCUT2D eigenvalue weighted by atomic mass is 9.97. The summed E-state index contributed by atoms with van der Waals surface area (Å²) >= 11 is 0. The number of rotatable bonds is 8. The molecule has 4 nitrogen and oxygen atoms in total. The van der Waals surface area contributed by atoms with Crippen molar-refractivity contribution in [2.45, 2.75) is 39.0 Å². The molecule has 1 amide bonds. The van der Waals surface area contributed by atoms with Gasteiger partial charge in [-0.25, -0.2) is 0 Å². The Morgan fingerprint density at radius 1 is 1.33 bits per heavy atom. The molecule has 1 fully saturated rings. The maximum Gasteiger partial charge on any atom is 0.248 e. The molecular formula is C14H28N2O2. The SMILES string of the molecule is CCCCCOCC(=O)N1CCC(CNC)CC1. The number of carbonyl (C=O) groups is 1. The highest BCUT2D eigenvalue weighted by Gasteiger charge is 2.21. The van der Waals surface area contributed by atoms with Gasteiger partial charge in [0.15, 0.2) is 0 Å². The zero-order valence-electron chi connectivity index (χ0n) is 11.9. The van der Waals surface area contributed by atoms with E-state index in [1.807, 2.05) is 11.9 Å². The minimum absolute atomic E-state index is 0.161. The zero-order valence-corrected chi connectivity index (χ0v) is 11.9. The van der Waals surface area contributed by atoms with E-state index in [1.54, 1.807) is 0 Å². The van der Waals surface area contributed by atoms with Crippen molar-refractivity contribution in [3.63, 3.8) is 0 Å². The molecule has 0 bridgehead atoms. The third kappa shape index (κ3) is 5.83. The molecule has 0 radical (unpaired) electrons. The fourth-order valence-corrected chi connectivity index (χ4v) is 2.38. The Balaban J connectivity index is 2.08. The number of unbranched alkanes of at least 4 members (excludes halogenated alkanes) is 2. The maximum atomic E-state index is 11.9. The number of likely N-dealkylation sites (tertiary alicyclic amines) is 1. The average Bonchev–Trinajstić information content (AvgIpc) is 2.39. The monoisotopic (exact) mass is 256 g/mol. The average molecular weight is 256 g/mol. The van der Waals surface area contributed by atoms with Crippen molar-refractivity contribution in [2.24, 2.45) is 5.92 Å². The van der Waals surface area contributed by atoms with Crippen LogP contribution in [0.5, 0.6) is 0 Å². The second-order valence-corrected chi connectivity index (χ2v) is 5.14. The fourth-order valence-electron chi connectivity index (χ4n) is 2.38. The summed E-state index contributed by atoms with van der Waals surface area (Å²) in [6, 6.07) is 0. The molecule has 0 aromatic rings. The molecule has 1 N–H and O–H groups in total. The Bertz CT molecular complexity index is 226. The van der Waals surface area contributed by atoms with E-state index in [0.29, 0.717) is 0 Å². The van der Waals surface area contributed by atoms with Crippen LogP contribution in [0.1, 0.15) is 39.0 Å². The van der Waals surface area contributed by atoms with Gasteiger partial charge in [-0.1, -0.05) is 19.8 Å². The van der Waals surface area contributed by atoms with E-state index in [9.17, 15) is 4.79 Å². The number of carbonyl (C=O) groups excluding carboxylic acids is 1. The van der Waals surface area contributed by atoms with Gasteiger partial charge >= 0.3 is 0 Å². The van der Waals surface area contributed by atoms with Gasteiger partial charge < -0.3 is 15.0 Å². The quantitative estimate of drug-likeness (QED) is 0.671. The summed E-state index contributed by atoms with van der Waals surface area (Å²) < 4.78 is 5.42. The molecular weight excluding hydrogens is 228 g/mol. The van der Waals surface area contributed by atoms with E-state index in [0.717, 1.165) is 51.4 Å². The molecule has 0 saturated carbocycles. The summed E-state index contributed by atoms with van der Waals surface area (Å²) in [6.07, 6.45) is 5.67. The molecule has 1 aliphatic heterocycles. The van der Waals surface area contributed by atoms with Crippen LogP contribution < -0.4 is 5.32 Å². The predicted octanol–water partition coefficient (Wildman–Crippen LogP) is 1.65. The smallest absolute Gasteiger partial charge is 0.248 e. The highest BCUT2D eigenvalue weighted by Crippen LogP contribution is 2.16. The van der Waals surface area contributed by atoms with E-state index in [-0.39, 0.29) is 12.5 Å². The third-order valence-electron chi connectivity index (χ3n) is 3.58. The third-order valence-corrected chi connectivity index (χ3v) is 3.58. The van der Waals surface area contributed by atoms with Gasteiger partial charge in [0, 0.05) is 19.7 Å². The first-order chi connectivity index (χ1) is 8.77. The molecule has 1 heterocycles. The van der Waals surface area contributed by atoms with Gasteiger partial charge in [0.2, 0.25) is 5.91 Å². The fraction of sp³-hybridized carbons (Fsp3) is 0.929. The van der Waals surface area contributed by atoms with Crippen molar-refractivity contribution >= 4 is 5.91 Å². The molecule has 0 atom stereocenters. The summed E-state index contributed by atoms with van der Waals surface area (Å²) in [6.45, 7) is 6.00. The topological polar surface area (TPSA) is 41.6 Å². The van der Waals surface area contributed by atoms with Crippen LogP contribution >= 0.6 is 0 Å². The Labute approximate surface area is 111 Å². The van der Waals surface area contributed by atoms with Gasteiger partial charge in [0.25, 0.3) is 0 Å². The molecule has 1 saturated heterocycles. The molecule has 0 unspecified atom stereocenters. The van der Waals surface area contributed by atoms with Gasteiger partial charge in [-0.3, -0.25) is 4.79 Å². The predicted molar refractivity (Wildman–Crippen MR) is 73.6 cm³/mol. The Morgan fingerprint density at radius 2 is 2.06 bits per heavy atom. The number of hydrogen-bond donors (Lipinski definition) is 1. The Hall–Kier alpha value is -0.610. The molecule has 1 aliphatic rings. The van der Waals surface area contributed by atoms with Crippen molar-refractivity contribution in [2.75, 3.05) is 39.9 Å². The van der Waals surface area contributed by atoms with Gasteiger partial charge in [-0.05, 0) is 38.8 Å². The first kappa shape index (κ1) is 15.4. The molecule has 0 spiro atoms. The van der Waals surface area contributed by atoms with E-state index in [1.165, 1.54) is 12.8 Å². The van der Waals surface area contributed by atoms with Crippen molar-refractivity contribution in [1.82, 2.24) is 10.2 Å². The summed E-state index contributed by atoms with van der Waals surface area (Å²) in [5.74, 6) is 0.888. The van der Waals surface area contributed by atoms with Crippen LogP contribution in [-0.2, 0) is 9.53 Å². The summed E-state index contributed by atoms with van der Waals surface area (Å²) in [7, 11) is 1.99. The van der Waals surface area contributed by atoms with Crippen molar-refractivity contribution in [3.8, 4) is 0 Å². The lowest BCUT2D eigenvalue weighted by Crippen LogP contribution is -2.42. The van der Waals surface area contributed by atoms with Crippen LogP contribution in [-0.4, -0.2) is 50.7 Å². The van der Waals surface area contributed by atoms with Gasteiger partial charge in [0.1, 0.15) is 6.61 Å². The maximum absolute atomic E-state index is 11.9. The van der Waals surface area contributed by atoms with Crippen LogP contribution in [0.15, 0.2) is 0 Å². The normalized spacial score (nSPS) is 17.1. The first-order valence-electron chi connectivity index (χ1n) is 7.28. The number of nitrogens with zero attached hydrogens (tertiary/aromatic N) is 1. The van der Waals surface area contributed by atoms with E-state index in [4.69, 9.17) is 4.74 Å². The van der Waals surface area contributed by atoms with Gasteiger partial charge in [-0.2, -0.15) is 0 Å². The number of amides is 1. The standard InChI is InChI=1S/C14H28N2O2/c1-3-4-5-10-18-12-14(17)16-8-6-13(7-9-16)11-15-2/h13,15H,3-12H2,1-2H3. The Morgan fingerprint density at radius 3 is 2.67 bits per heavy atom.